The highest BCUT2D eigenvalue weighted by Crippen LogP contribution is 2.27. The Morgan fingerprint density at radius 2 is 2.05 bits per heavy atom. The molecule has 0 spiro atoms. The number of nitro benzene ring substituents is 1. The van der Waals surface area contributed by atoms with Crippen LogP contribution in [0.5, 0.6) is 0 Å². The first-order valence-electron chi connectivity index (χ1n) is 5.91. The summed E-state index contributed by atoms with van der Waals surface area (Å²) in [6.45, 7) is 0.380. The van der Waals surface area contributed by atoms with Crippen LogP contribution in [0, 0.1) is 10.1 Å². The molecule has 6 heteroatoms. The van der Waals surface area contributed by atoms with Gasteiger partial charge in [0, 0.05) is 33.8 Å². The molecule has 0 saturated carbocycles. The molecule has 0 fully saturated rings. The van der Waals surface area contributed by atoms with Crippen molar-refractivity contribution in [3.8, 4) is 0 Å². The molecular weight excluding hydrogens is 296 g/mol. The molecule has 2 aromatic carbocycles. The fraction of sp³-hybridized carbons (Fsp3) is 0.143. The Bertz CT molecular complexity index is 634. The number of thioether (sulfide) groups is 1. The van der Waals surface area contributed by atoms with Crippen molar-refractivity contribution in [1.29, 1.82) is 0 Å². The Balaban J connectivity index is 2.21. The lowest BCUT2D eigenvalue weighted by atomic mass is 10.1. The molecule has 0 saturated heterocycles. The summed E-state index contributed by atoms with van der Waals surface area (Å²) in [4.78, 5) is 11.7. The van der Waals surface area contributed by atoms with Gasteiger partial charge >= 0.3 is 0 Å². The first-order valence-corrected chi connectivity index (χ1v) is 7.52. The van der Waals surface area contributed by atoms with Crippen molar-refractivity contribution in [2.75, 3.05) is 11.6 Å². The van der Waals surface area contributed by atoms with Gasteiger partial charge in [-0.15, -0.1) is 11.8 Å². The number of hydrogen-bond donors (Lipinski definition) is 1. The summed E-state index contributed by atoms with van der Waals surface area (Å²) in [5.74, 6) is 0. The van der Waals surface area contributed by atoms with E-state index in [1.54, 1.807) is 23.9 Å². The quantitative estimate of drug-likeness (QED) is 0.499. The summed E-state index contributed by atoms with van der Waals surface area (Å²) in [6, 6.07) is 12.6. The van der Waals surface area contributed by atoms with Gasteiger partial charge in [-0.25, -0.2) is 0 Å². The van der Waals surface area contributed by atoms with Gasteiger partial charge in [-0.2, -0.15) is 0 Å². The summed E-state index contributed by atoms with van der Waals surface area (Å²) < 4.78 is 0. The Kier molecular flexibility index (Phi) is 4.87. The normalized spacial score (nSPS) is 10.3. The monoisotopic (exact) mass is 308 g/mol. The van der Waals surface area contributed by atoms with E-state index in [4.69, 9.17) is 11.6 Å². The highest BCUT2D eigenvalue weighted by Gasteiger charge is 2.14. The molecule has 0 unspecified atom stereocenters. The lowest BCUT2D eigenvalue weighted by molar-refractivity contribution is -0.385. The van der Waals surface area contributed by atoms with E-state index in [0.717, 1.165) is 10.6 Å². The summed E-state index contributed by atoms with van der Waals surface area (Å²) in [5.41, 5.74) is 1.60. The molecular formula is C14H13ClN2O2S. The molecule has 0 aliphatic carbocycles. The van der Waals surface area contributed by atoms with E-state index in [-0.39, 0.29) is 5.69 Å². The van der Waals surface area contributed by atoms with Crippen LogP contribution < -0.4 is 5.32 Å². The van der Waals surface area contributed by atoms with Crippen LogP contribution in [-0.2, 0) is 6.54 Å². The highest BCUT2D eigenvalue weighted by atomic mass is 35.5. The van der Waals surface area contributed by atoms with Crippen LogP contribution in [-0.4, -0.2) is 11.2 Å². The topological polar surface area (TPSA) is 55.2 Å². The van der Waals surface area contributed by atoms with Gasteiger partial charge in [0.05, 0.1) is 4.92 Å². The number of halogens is 1. The number of benzene rings is 2. The Morgan fingerprint density at radius 1 is 1.30 bits per heavy atom. The zero-order valence-corrected chi connectivity index (χ0v) is 12.4. The first kappa shape index (κ1) is 14.7. The third-order valence-electron chi connectivity index (χ3n) is 2.82. The number of para-hydroxylation sites is 1. The van der Waals surface area contributed by atoms with Crippen LogP contribution in [0.2, 0.25) is 5.02 Å². The van der Waals surface area contributed by atoms with E-state index >= 15 is 0 Å². The maximum atomic E-state index is 11.0. The minimum Gasteiger partial charge on any atom is -0.380 e. The maximum absolute atomic E-state index is 11.0. The molecule has 0 radical (unpaired) electrons. The number of anilines is 1. The predicted molar refractivity (Wildman–Crippen MR) is 83.7 cm³/mol. The summed E-state index contributed by atoms with van der Waals surface area (Å²) in [7, 11) is 0. The minimum absolute atomic E-state index is 0.0339. The predicted octanol–water partition coefficient (Wildman–Crippen LogP) is 4.58. The largest absolute Gasteiger partial charge is 0.380 e. The van der Waals surface area contributed by atoms with Gasteiger partial charge in [-0.05, 0) is 30.5 Å². The molecule has 0 aliphatic rings. The van der Waals surface area contributed by atoms with Crippen LogP contribution in [0.3, 0.4) is 0 Å². The molecule has 0 atom stereocenters. The van der Waals surface area contributed by atoms with Crippen LogP contribution in [0.15, 0.2) is 47.4 Å². The van der Waals surface area contributed by atoms with Gasteiger partial charge in [-0.3, -0.25) is 10.1 Å². The van der Waals surface area contributed by atoms with E-state index in [1.807, 2.05) is 30.5 Å². The number of nitrogens with zero attached hydrogens (tertiary/aromatic N) is 1. The van der Waals surface area contributed by atoms with E-state index < -0.39 is 4.92 Å². The average Bonchev–Trinajstić information content (AvgIpc) is 2.46. The van der Waals surface area contributed by atoms with E-state index in [1.165, 1.54) is 6.07 Å². The van der Waals surface area contributed by atoms with E-state index in [9.17, 15) is 10.1 Å². The molecule has 0 amide bonds. The second-order valence-corrected chi connectivity index (χ2v) is 5.37. The number of hydrogen-bond acceptors (Lipinski definition) is 4. The lowest BCUT2D eigenvalue weighted by Gasteiger charge is -2.10. The molecule has 0 aliphatic heterocycles. The number of nitro groups is 1. The first-order chi connectivity index (χ1) is 9.61. The Labute approximate surface area is 126 Å². The third kappa shape index (κ3) is 3.43. The van der Waals surface area contributed by atoms with Gasteiger partial charge in [0.1, 0.15) is 0 Å². The molecule has 104 valence electrons. The van der Waals surface area contributed by atoms with Crippen molar-refractivity contribution in [2.24, 2.45) is 0 Å². The SMILES string of the molecule is CSc1ccccc1NCc1ccc(Cl)cc1[N+](=O)[O-]. The summed E-state index contributed by atoms with van der Waals surface area (Å²) in [5, 5.41) is 14.6. The molecule has 2 aromatic rings. The molecule has 1 N–H and O–H groups in total. The Morgan fingerprint density at radius 3 is 2.75 bits per heavy atom. The van der Waals surface area contributed by atoms with Crippen molar-refractivity contribution in [2.45, 2.75) is 11.4 Å². The van der Waals surface area contributed by atoms with Gasteiger partial charge in [-0.1, -0.05) is 23.7 Å². The number of nitrogens with one attached hydrogen (secondary N) is 1. The van der Waals surface area contributed by atoms with Crippen LogP contribution in [0.1, 0.15) is 5.56 Å². The fourth-order valence-electron chi connectivity index (χ4n) is 1.84. The van der Waals surface area contributed by atoms with Crippen molar-refractivity contribution < 1.29 is 4.92 Å². The number of rotatable bonds is 5. The second-order valence-electron chi connectivity index (χ2n) is 4.08. The standard InChI is InChI=1S/C14H13ClN2O2S/c1-20-14-5-3-2-4-12(14)16-9-10-6-7-11(15)8-13(10)17(18)19/h2-8,16H,9H2,1H3. The highest BCUT2D eigenvalue weighted by molar-refractivity contribution is 7.98. The van der Waals surface area contributed by atoms with Crippen LogP contribution in [0.25, 0.3) is 0 Å². The molecule has 4 nitrogen and oxygen atoms in total. The van der Waals surface area contributed by atoms with Gasteiger partial charge < -0.3 is 5.32 Å². The third-order valence-corrected chi connectivity index (χ3v) is 3.85. The molecule has 2 rings (SSSR count). The fourth-order valence-corrected chi connectivity index (χ4v) is 2.58. The Hall–Kier alpha value is -1.72. The molecule has 0 bridgehead atoms. The summed E-state index contributed by atoms with van der Waals surface area (Å²) >= 11 is 7.42. The van der Waals surface area contributed by atoms with E-state index in [0.29, 0.717) is 17.1 Å². The maximum Gasteiger partial charge on any atom is 0.275 e. The second kappa shape index (κ2) is 6.63. The van der Waals surface area contributed by atoms with Gasteiger partial charge in [0.2, 0.25) is 0 Å². The molecule has 0 aromatic heterocycles. The van der Waals surface area contributed by atoms with Gasteiger partial charge in [0.25, 0.3) is 5.69 Å². The molecule has 20 heavy (non-hydrogen) atoms. The zero-order chi connectivity index (χ0) is 14.5. The zero-order valence-electron chi connectivity index (χ0n) is 10.8. The van der Waals surface area contributed by atoms with Crippen molar-refractivity contribution >= 4 is 34.7 Å². The lowest BCUT2D eigenvalue weighted by Crippen LogP contribution is -2.03. The van der Waals surface area contributed by atoms with Crippen LogP contribution >= 0.6 is 23.4 Å². The van der Waals surface area contributed by atoms with Gasteiger partial charge in [0.15, 0.2) is 0 Å². The molecule has 0 heterocycles. The summed E-state index contributed by atoms with van der Waals surface area (Å²) in [6.07, 6.45) is 1.99. The average molecular weight is 309 g/mol. The van der Waals surface area contributed by atoms with Crippen molar-refractivity contribution in [3.05, 3.63) is 63.2 Å². The van der Waals surface area contributed by atoms with E-state index in [2.05, 4.69) is 5.32 Å². The van der Waals surface area contributed by atoms with Crippen molar-refractivity contribution in [1.82, 2.24) is 0 Å². The van der Waals surface area contributed by atoms with Crippen LogP contribution in [0.4, 0.5) is 11.4 Å². The van der Waals surface area contributed by atoms with Crippen molar-refractivity contribution in [3.63, 3.8) is 0 Å². The smallest absolute Gasteiger partial charge is 0.275 e. The minimum atomic E-state index is -0.413.